The first-order valence-corrected chi connectivity index (χ1v) is 6.57. The Morgan fingerprint density at radius 1 is 1.63 bits per heavy atom. The van der Waals surface area contributed by atoms with Gasteiger partial charge in [0.25, 0.3) is 0 Å². The van der Waals surface area contributed by atoms with Gasteiger partial charge in [-0.05, 0) is 12.1 Å². The number of aromatic nitrogens is 1. The van der Waals surface area contributed by atoms with Crippen molar-refractivity contribution in [3.05, 3.63) is 29.0 Å². The molecule has 0 aromatic carbocycles. The van der Waals surface area contributed by atoms with Gasteiger partial charge in [-0.25, -0.2) is 4.98 Å². The third-order valence-electron chi connectivity index (χ3n) is 3.00. The minimum Gasteiger partial charge on any atom is -0.469 e. The van der Waals surface area contributed by atoms with Crippen LogP contribution in [-0.4, -0.2) is 48.8 Å². The van der Waals surface area contributed by atoms with Gasteiger partial charge in [-0.1, -0.05) is 17.7 Å². The summed E-state index contributed by atoms with van der Waals surface area (Å²) in [6.45, 7) is 2.85. The van der Waals surface area contributed by atoms with Gasteiger partial charge in [0.2, 0.25) is 0 Å². The molecule has 0 spiro atoms. The fraction of sp³-hybridized carbons (Fsp3) is 0.538. The molecule has 19 heavy (non-hydrogen) atoms. The highest BCUT2D eigenvalue weighted by molar-refractivity contribution is 6.29. The van der Waals surface area contributed by atoms with Crippen LogP contribution >= 0.6 is 11.6 Å². The Bertz CT molecular complexity index is 442. The molecule has 1 aromatic rings. The Hall–Kier alpha value is -1.17. The number of carbonyl (C=O) groups is 1. The first-order chi connectivity index (χ1) is 9.17. The van der Waals surface area contributed by atoms with Crippen molar-refractivity contribution in [2.75, 3.05) is 26.8 Å². The summed E-state index contributed by atoms with van der Waals surface area (Å²) in [5, 5.41) is 0.497. The second kappa shape index (κ2) is 6.84. The monoisotopic (exact) mass is 284 g/mol. The average Bonchev–Trinajstić information content (AvgIpc) is 2.39. The molecule has 104 valence electrons. The molecule has 0 amide bonds. The molecule has 1 aliphatic heterocycles. The van der Waals surface area contributed by atoms with E-state index < -0.39 is 0 Å². The lowest BCUT2D eigenvalue weighted by Crippen LogP contribution is -2.43. The molecule has 0 aliphatic carbocycles. The highest BCUT2D eigenvalue weighted by Gasteiger charge is 2.23. The lowest BCUT2D eigenvalue weighted by atomic mass is 10.2. The Kier molecular flexibility index (Phi) is 5.13. The minimum absolute atomic E-state index is 0.111. The number of hydrogen-bond donors (Lipinski definition) is 0. The number of halogens is 1. The van der Waals surface area contributed by atoms with Crippen LogP contribution in [0.2, 0.25) is 5.15 Å². The second-order valence-electron chi connectivity index (χ2n) is 4.46. The van der Waals surface area contributed by atoms with E-state index in [1.165, 1.54) is 7.11 Å². The normalized spacial score (nSPS) is 20.2. The van der Waals surface area contributed by atoms with E-state index in [9.17, 15) is 4.79 Å². The molecule has 0 bridgehead atoms. The maximum Gasteiger partial charge on any atom is 0.308 e. The fourth-order valence-corrected chi connectivity index (χ4v) is 2.27. The van der Waals surface area contributed by atoms with E-state index >= 15 is 0 Å². The number of morpholine rings is 1. The number of ether oxygens (including phenoxy) is 2. The Morgan fingerprint density at radius 2 is 2.47 bits per heavy atom. The van der Waals surface area contributed by atoms with Crippen LogP contribution in [0.25, 0.3) is 0 Å². The second-order valence-corrected chi connectivity index (χ2v) is 4.85. The Morgan fingerprint density at radius 3 is 3.21 bits per heavy atom. The van der Waals surface area contributed by atoms with E-state index in [4.69, 9.17) is 16.3 Å². The lowest BCUT2D eigenvalue weighted by Gasteiger charge is -2.32. The van der Waals surface area contributed by atoms with Crippen molar-refractivity contribution in [2.24, 2.45) is 0 Å². The van der Waals surface area contributed by atoms with Gasteiger partial charge in [0.05, 0.1) is 31.9 Å². The molecule has 0 radical (unpaired) electrons. The van der Waals surface area contributed by atoms with Crippen molar-refractivity contribution in [3.8, 4) is 0 Å². The highest BCUT2D eigenvalue weighted by Crippen LogP contribution is 2.13. The average molecular weight is 285 g/mol. The third-order valence-corrected chi connectivity index (χ3v) is 3.21. The van der Waals surface area contributed by atoms with Crippen molar-refractivity contribution >= 4 is 17.6 Å². The molecular formula is C13H17ClN2O3. The highest BCUT2D eigenvalue weighted by atomic mass is 35.5. The molecule has 1 fully saturated rings. The predicted octanol–water partition coefficient (Wildman–Crippen LogP) is 1.50. The number of nitrogens with zero attached hydrogens (tertiary/aromatic N) is 2. The van der Waals surface area contributed by atoms with E-state index in [1.54, 1.807) is 6.07 Å². The van der Waals surface area contributed by atoms with Crippen LogP contribution in [0.15, 0.2) is 18.2 Å². The van der Waals surface area contributed by atoms with Crippen molar-refractivity contribution in [3.63, 3.8) is 0 Å². The molecule has 1 aliphatic rings. The van der Waals surface area contributed by atoms with Gasteiger partial charge in [-0.15, -0.1) is 0 Å². The van der Waals surface area contributed by atoms with Crippen molar-refractivity contribution in [1.82, 2.24) is 9.88 Å². The zero-order valence-corrected chi connectivity index (χ0v) is 11.6. The van der Waals surface area contributed by atoms with Crippen LogP contribution in [0.5, 0.6) is 0 Å². The van der Waals surface area contributed by atoms with E-state index in [-0.39, 0.29) is 18.5 Å². The van der Waals surface area contributed by atoms with E-state index in [1.807, 2.05) is 12.1 Å². The maximum absolute atomic E-state index is 11.2. The van der Waals surface area contributed by atoms with Gasteiger partial charge in [0, 0.05) is 19.6 Å². The molecule has 5 nitrogen and oxygen atoms in total. The zero-order valence-electron chi connectivity index (χ0n) is 10.8. The number of carbonyl (C=O) groups excluding carboxylic acids is 1. The quantitative estimate of drug-likeness (QED) is 0.619. The molecule has 2 heterocycles. The Labute approximate surface area is 117 Å². The summed E-state index contributed by atoms with van der Waals surface area (Å²) in [5.74, 6) is -0.243. The molecular weight excluding hydrogens is 268 g/mol. The maximum atomic E-state index is 11.2. The van der Waals surface area contributed by atoms with E-state index in [2.05, 4.69) is 14.6 Å². The first kappa shape index (κ1) is 14.2. The van der Waals surface area contributed by atoms with Crippen LogP contribution < -0.4 is 0 Å². The fourth-order valence-electron chi connectivity index (χ4n) is 2.08. The SMILES string of the molecule is COC(=O)CC1CN(Cc2cccc(Cl)n2)CCO1. The molecule has 2 rings (SSSR count). The van der Waals surface area contributed by atoms with Gasteiger partial charge in [0.15, 0.2) is 0 Å². The summed E-state index contributed by atoms with van der Waals surface area (Å²) in [4.78, 5) is 17.7. The largest absolute Gasteiger partial charge is 0.469 e. The predicted molar refractivity (Wildman–Crippen MR) is 70.9 cm³/mol. The topological polar surface area (TPSA) is 51.7 Å². The lowest BCUT2D eigenvalue weighted by molar-refractivity contribution is -0.145. The van der Waals surface area contributed by atoms with Crippen molar-refractivity contribution in [2.45, 2.75) is 19.1 Å². The summed E-state index contributed by atoms with van der Waals surface area (Å²) in [6.07, 6.45) is 0.177. The zero-order chi connectivity index (χ0) is 13.7. The van der Waals surface area contributed by atoms with Crippen LogP contribution in [0.1, 0.15) is 12.1 Å². The first-order valence-electron chi connectivity index (χ1n) is 6.19. The number of esters is 1. The summed E-state index contributed by atoms with van der Waals surface area (Å²) in [5.41, 5.74) is 0.922. The van der Waals surface area contributed by atoms with Crippen LogP contribution in [0.4, 0.5) is 0 Å². The molecule has 1 atom stereocenters. The Balaban J connectivity index is 1.89. The van der Waals surface area contributed by atoms with Crippen molar-refractivity contribution in [1.29, 1.82) is 0 Å². The number of methoxy groups -OCH3 is 1. The van der Waals surface area contributed by atoms with Gasteiger partial charge in [0.1, 0.15) is 5.15 Å². The van der Waals surface area contributed by atoms with Gasteiger partial charge < -0.3 is 9.47 Å². The molecule has 6 heteroatoms. The molecule has 0 N–H and O–H groups in total. The van der Waals surface area contributed by atoms with Gasteiger partial charge >= 0.3 is 5.97 Å². The number of hydrogen-bond acceptors (Lipinski definition) is 5. The molecule has 1 aromatic heterocycles. The van der Waals surface area contributed by atoms with Crippen molar-refractivity contribution < 1.29 is 14.3 Å². The number of pyridine rings is 1. The minimum atomic E-state index is -0.243. The summed E-state index contributed by atoms with van der Waals surface area (Å²) < 4.78 is 10.2. The summed E-state index contributed by atoms with van der Waals surface area (Å²) >= 11 is 5.86. The third kappa shape index (κ3) is 4.45. The molecule has 1 saturated heterocycles. The van der Waals surface area contributed by atoms with Crippen LogP contribution in [0.3, 0.4) is 0 Å². The van der Waals surface area contributed by atoms with E-state index in [0.29, 0.717) is 24.8 Å². The summed E-state index contributed by atoms with van der Waals surface area (Å²) in [7, 11) is 1.39. The van der Waals surface area contributed by atoms with Gasteiger partial charge in [-0.2, -0.15) is 0 Å². The molecule has 1 unspecified atom stereocenters. The molecule has 0 saturated carbocycles. The van der Waals surface area contributed by atoms with Crippen LogP contribution in [-0.2, 0) is 20.8 Å². The van der Waals surface area contributed by atoms with Crippen LogP contribution in [0, 0.1) is 0 Å². The van der Waals surface area contributed by atoms with E-state index in [0.717, 1.165) is 12.2 Å². The summed E-state index contributed by atoms with van der Waals surface area (Å²) in [6, 6.07) is 5.58. The number of rotatable bonds is 4. The standard InChI is InChI=1S/C13H17ClN2O3/c1-18-13(17)7-11-9-16(5-6-19-11)8-10-3-2-4-12(14)15-10/h2-4,11H,5-9H2,1H3. The smallest absolute Gasteiger partial charge is 0.308 e. The van der Waals surface area contributed by atoms with Gasteiger partial charge in [-0.3, -0.25) is 9.69 Å².